The molecule has 1 aliphatic rings. The van der Waals surface area contributed by atoms with Gasteiger partial charge in [0.15, 0.2) is 0 Å². The number of ketones is 1. The number of carbonyl (C=O) groups is 1. The van der Waals surface area contributed by atoms with Crippen molar-refractivity contribution in [2.45, 2.75) is 18.5 Å². The van der Waals surface area contributed by atoms with Gasteiger partial charge in [0, 0.05) is 18.9 Å². The first-order chi connectivity index (χ1) is 8.77. The van der Waals surface area contributed by atoms with E-state index in [2.05, 4.69) is 0 Å². The topological polar surface area (TPSA) is 46.3 Å². The maximum Gasteiger partial charge on any atom is 0.416 e. The lowest BCUT2D eigenvalue weighted by Gasteiger charge is -2.30. The molecular formula is C12H12F4N2O. The van der Waals surface area contributed by atoms with E-state index in [4.69, 9.17) is 5.84 Å². The summed E-state index contributed by atoms with van der Waals surface area (Å²) in [5, 5.41) is 1.15. The number of piperidine rings is 1. The fourth-order valence-corrected chi connectivity index (χ4v) is 2.32. The third kappa shape index (κ3) is 3.10. The largest absolute Gasteiger partial charge is 0.416 e. The van der Waals surface area contributed by atoms with Crippen molar-refractivity contribution < 1.29 is 22.4 Å². The lowest BCUT2D eigenvalue weighted by atomic mass is 9.87. The van der Waals surface area contributed by atoms with Crippen LogP contribution in [0.4, 0.5) is 17.6 Å². The van der Waals surface area contributed by atoms with Crippen molar-refractivity contribution in [3.63, 3.8) is 0 Å². The summed E-state index contributed by atoms with van der Waals surface area (Å²) < 4.78 is 51.8. The lowest BCUT2D eigenvalue weighted by Crippen LogP contribution is -2.44. The number of halogens is 4. The summed E-state index contributed by atoms with van der Waals surface area (Å²) in [6, 6.07) is 2.29. The molecule has 0 spiro atoms. The van der Waals surface area contributed by atoms with E-state index >= 15 is 0 Å². The molecule has 0 amide bonds. The van der Waals surface area contributed by atoms with Crippen LogP contribution in [0.3, 0.4) is 0 Å². The summed E-state index contributed by atoms with van der Waals surface area (Å²) in [7, 11) is 0. The number of nitrogens with two attached hydrogens (primary N) is 1. The Morgan fingerprint density at radius 3 is 2.58 bits per heavy atom. The third-order valence-electron chi connectivity index (χ3n) is 3.07. The standard InChI is InChI=1S/C12H12F4N2O/c13-8-1-2-11(12(14,15)16)10(4-8)7-3-9(19)6-18(17)5-7/h1-2,4,7H,3,5-6,17H2. The molecule has 0 bridgehead atoms. The zero-order valence-corrected chi connectivity index (χ0v) is 9.88. The van der Waals surface area contributed by atoms with E-state index in [9.17, 15) is 22.4 Å². The average molecular weight is 276 g/mol. The monoisotopic (exact) mass is 276 g/mol. The fourth-order valence-electron chi connectivity index (χ4n) is 2.32. The summed E-state index contributed by atoms with van der Waals surface area (Å²) in [4.78, 5) is 11.4. The Labute approximate surface area is 107 Å². The van der Waals surface area contributed by atoms with Gasteiger partial charge >= 0.3 is 6.18 Å². The Hall–Kier alpha value is -1.47. The maximum absolute atomic E-state index is 13.2. The molecule has 1 atom stereocenters. The average Bonchev–Trinajstić information content (AvgIpc) is 2.25. The van der Waals surface area contributed by atoms with Gasteiger partial charge in [-0.3, -0.25) is 10.6 Å². The second-order valence-electron chi connectivity index (χ2n) is 4.60. The van der Waals surface area contributed by atoms with Crippen molar-refractivity contribution in [2.75, 3.05) is 13.1 Å². The van der Waals surface area contributed by atoms with Crippen molar-refractivity contribution in [2.24, 2.45) is 5.84 Å². The summed E-state index contributed by atoms with van der Waals surface area (Å²) in [5.41, 5.74) is -1.13. The SMILES string of the molecule is NN1CC(=O)CC(c2cc(F)ccc2C(F)(F)F)C1. The molecule has 7 heteroatoms. The molecule has 1 heterocycles. The molecule has 19 heavy (non-hydrogen) atoms. The van der Waals surface area contributed by atoms with Crippen molar-refractivity contribution in [1.29, 1.82) is 0 Å². The molecule has 1 fully saturated rings. The Morgan fingerprint density at radius 2 is 2.00 bits per heavy atom. The minimum atomic E-state index is -4.58. The van der Waals surface area contributed by atoms with Gasteiger partial charge in [0.1, 0.15) is 11.6 Å². The Balaban J connectivity index is 2.42. The summed E-state index contributed by atoms with van der Waals surface area (Å²) in [6.07, 6.45) is -4.64. The summed E-state index contributed by atoms with van der Waals surface area (Å²) >= 11 is 0. The number of hydrazine groups is 1. The predicted molar refractivity (Wildman–Crippen MR) is 59.5 cm³/mol. The van der Waals surface area contributed by atoms with Crippen LogP contribution < -0.4 is 5.84 Å². The first kappa shape index (κ1) is 14.0. The van der Waals surface area contributed by atoms with Gasteiger partial charge in [-0.2, -0.15) is 13.2 Å². The van der Waals surface area contributed by atoms with Gasteiger partial charge in [-0.25, -0.2) is 9.40 Å². The molecule has 2 rings (SSSR count). The van der Waals surface area contributed by atoms with E-state index in [1.165, 1.54) is 0 Å². The van der Waals surface area contributed by atoms with Crippen LogP contribution in [0.5, 0.6) is 0 Å². The van der Waals surface area contributed by atoms with Crippen LogP contribution >= 0.6 is 0 Å². The van der Waals surface area contributed by atoms with E-state index in [1.807, 2.05) is 0 Å². The van der Waals surface area contributed by atoms with Crippen molar-refractivity contribution in [3.8, 4) is 0 Å². The number of nitrogens with zero attached hydrogens (tertiary/aromatic N) is 1. The molecule has 2 N–H and O–H groups in total. The minimum Gasteiger partial charge on any atom is -0.298 e. The summed E-state index contributed by atoms with van der Waals surface area (Å²) in [6.45, 7) is 0.103. The van der Waals surface area contributed by atoms with Gasteiger partial charge < -0.3 is 0 Å². The van der Waals surface area contributed by atoms with Gasteiger partial charge in [-0.15, -0.1) is 0 Å². The number of rotatable bonds is 1. The van der Waals surface area contributed by atoms with Gasteiger partial charge in [0.05, 0.1) is 12.1 Å². The Kier molecular flexibility index (Phi) is 3.60. The highest BCUT2D eigenvalue weighted by atomic mass is 19.4. The third-order valence-corrected chi connectivity index (χ3v) is 3.07. The number of carbonyl (C=O) groups excluding carboxylic acids is 1. The van der Waals surface area contributed by atoms with E-state index < -0.39 is 23.5 Å². The quantitative estimate of drug-likeness (QED) is 0.631. The number of hydrogen-bond donors (Lipinski definition) is 1. The fraction of sp³-hybridized carbons (Fsp3) is 0.417. The predicted octanol–water partition coefficient (Wildman–Crippen LogP) is 2.08. The molecule has 1 aromatic rings. The van der Waals surface area contributed by atoms with Crippen LogP contribution in [0.25, 0.3) is 0 Å². The van der Waals surface area contributed by atoms with Crippen molar-refractivity contribution >= 4 is 5.78 Å². The molecule has 3 nitrogen and oxygen atoms in total. The Morgan fingerprint density at radius 1 is 1.32 bits per heavy atom. The lowest BCUT2D eigenvalue weighted by molar-refractivity contribution is -0.139. The zero-order chi connectivity index (χ0) is 14.2. The smallest absolute Gasteiger partial charge is 0.298 e. The molecule has 1 unspecified atom stereocenters. The molecule has 1 aliphatic heterocycles. The molecule has 0 aromatic heterocycles. The van der Waals surface area contributed by atoms with Gasteiger partial charge in [-0.05, 0) is 23.8 Å². The van der Waals surface area contributed by atoms with E-state index in [0.717, 1.165) is 17.1 Å². The van der Waals surface area contributed by atoms with Crippen LogP contribution in [0, 0.1) is 5.82 Å². The molecular weight excluding hydrogens is 264 g/mol. The van der Waals surface area contributed by atoms with Gasteiger partial charge in [0.25, 0.3) is 0 Å². The van der Waals surface area contributed by atoms with E-state index in [-0.39, 0.29) is 30.9 Å². The summed E-state index contributed by atoms with van der Waals surface area (Å²) in [5.74, 6) is 3.74. The normalized spacial score (nSPS) is 21.7. The highest BCUT2D eigenvalue weighted by Gasteiger charge is 2.37. The highest BCUT2D eigenvalue weighted by Crippen LogP contribution is 2.37. The van der Waals surface area contributed by atoms with Crippen LogP contribution in [0.1, 0.15) is 23.5 Å². The zero-order valence-electron chi connectivity index (χ0n) is 9.88. The second kappa shape index (κ2) is 4.90. The molecule has 0 radical (unpaired) electrons. The van der Waals surface area contributed by atoms with E-state index in [1.54, 1.807) is 0 Å². The van der Waals surface area contributed by atoms with Crippen LogP contribution in [0.2, 0.25) is 0 Å². The molecule has 1 saturated heterocycles. The minimum absolute atomic E-state index is 0.00711. The number of hydrogen-bond acceptors (Lipinski definition) is 3. The number of benzene rings is 1. The number of alkyl halides is 3. The first-order valence-corrected chi connectivity index (χ1v) is 5.65. The molecule has 1 aromatic carbocycles. The van der Waals surface area contributed by atoms with Crippen LogP contribution in [0.15, 0.2) is 18.2 Å². The van der Waals surface area contributed by atoms with Crippen LogP contribution in [-0.4, -0.2) is 23.9 Å². The first-order valence-electron chi connectivity index (χ1n) is 5.65. The van der Waals surface area contributed by atoms with Gasteiger partial charge in [0.2, 0.25) is 0 Å². The molecule has 0 saturated carbocycles. The van der Waals surface area contributed by atoms with Crippen molar-refractivity contribution in [3.05, 3.63) is 35.1 Å². The highest BCUT2D eigenvalue weighted by molar-refractivity contribution is 5.82. The number of Topliss-reactive ketones (excluding diaryl/α,β-unsaturated/α-hetero) is 1. The Bertz CT molecular complexity index is 501. The van der Waals surface area contributed by atoms with Crippen LogP contribution in [-0.2, 0) is 11.0 Å². The van der Waals surface area contributed by atoms with Crippen molar-refractivity contribution in [1.82, 2.24) is 5.01 Å². The molecule has 0 aliphatic carbocycles. The second-order valence-corrected chi connectivity index (χ2v) is 4.60. The maximum atomic E-state index is 13.2. The molecule has 104 valence electrons. The van der Waals surface area contributed by atoms with E-state index in [0.29, 0.717) is 6.07 Å². The van der Waals surface area contributed by atoms with Gasteiger partial charge in [-0.1, -0.05) is 0 Å².